The van der Waals surface area contributed by atoms with E-state index in [9.17, 15) is 0 Å². The van der Waals surface area contributed by atoms with Crippen molar-refractivity contribution in [2.45, 2.75) is 11.5 Å². The summed E-state index contributed by atoms with van der Waals surface area (Å²) in [5.41, 5.74) is 15.1. The monoisotopic (exact) mass is 751 g/mol. The Kier molecular flexibility index (Phi) is 5.98. The number of fused-ring (bicyclic) bond motifs is 19. The van der Waals surface area contributed by atoms with Crippen LogP contribution in [-0.4, -0.2) is 10.5 Å². The summed E-state index contributed by atoms with van der Waals surface area (Å²) in [6, 6.07) is 68.5. The quantitative estimate of drug-likeness (QED) is 0.181. The molecule has 1 unspecified atom stereocenters. The molecule has 4 nitrogen and oxygen atoms in total. The molecule has 59 heavy (non-hydrogen) atoms. The predicted molar refractivity (Wildman–Crippen MR) is 242 cm³/mol. The van der Waals surface area contributed by atoms with E-state index in [2.05, 4.69) is 192 Å². The van der Waals surface area contributed by atoms with Gasteiger partial charge in [0.25, 0.3) is 0 Å². The number of anilines is 1. The van der Waals surface area contributed by atoms with Crippen LogP contribution in [0.15, 0.2) is 197 Å². The van der Waals surface area contributed by atoms with Gasteiger partial charge in [0.2, 0.25) is 5.96 Å². The van der Waals surface area contributed by atoms with Crippen LogP contribution in [0.25, 0.3) is 76.6 Å². The Labute approximate surface area is 339 Å². The average molecular weight is 752 g/mol. The van der Waals surface area contributed by atoms with Gasteiger partial charge >= 0.3 is 0 Å². The third-order valence-electron chi connectivity index (χ3n) is 13.4. The third kappa shape index (κ3) is 3.95. The minimum atomic E-state index is -0.458. The first-order chi connectivity index (χ1) is 29.3. The maximum atomic E-state index is 6.85. The molecule has 274 valence electrons. The highest BCUT2D eigenvalue weighted by Gasteiger charge is 2.51. The molecule has 3 aliphatic rings. The second-order valence-electron chi connectivity index (χ2n) is 16.2. The molecule has 1 aliphatic heterocycles. The lowest BCUT2D eigenvalue weighted by molar-refractivity contribution is 0.524. The first kappa shape index (κ1) is 31.4. The largest absolute Gasteiger partial charge is 0.456 e. The molecule has 0 fully saturated rings. The number of hydrogen-bond acceptors (Lipinski definition) is 3. The first-order valence-corrected chi connectivity index (χ1v) is 20.4. The van der Waals surface area contributed by atoms with Crippen molar-refractivity contribution in [1.29, 1.82) is 0 Å². The van der Waals surface area contributed by atoms with E-state index in [4.69, 9.17) is 9.41 Å². The summed E-state index contributed by atoms with van der Waals surface area (Å²) in [6.07, 6.45) is 0. The van der Waals surface area contributed by atoms with Crippen LogP contribution in [0.5, 0.6) is 0 Å². The van der Waals surface area contributed by atoms with Crippen LogP contribution in [0.2, 0.25) is 0 Å². The molecular weight excluding hydrogens is 719 g/mol. The van der Waals surface area contributed by atoms with Gasteiger partial charge in [0.05, 0.1) is 22.1 Å². The summed E-state index contributed by atoms with van der Waals surface area (Å²) in [4.78, 5) is 5.74. The van der Waals surface area contributed by atoms with Crippen LogP contribution in [0.4, 0.5) is 5.69 Å². The highest BCUT2D eigenvalue weighted by molar-refractivity contribution is 6.26. The van der Waals surface area contributed by atoms with Crippen molar-refractivity contribution in [2.24, 2.45) is 4.99 Å². The standard InChI is InChI=1S/C55H33N3O/c1-2-15-34-31-48-42(29-33(34)14-1)50-36-16-4-3-13-32(36)26-28-47(50)58(48)54-56-51(53-52(57-54)41-20-8-12-24-49(41)59-53)35-25-27-40-39-19-7-11-23-45(39)55(46(40)30-35)43-21-9-5-17-37(43)38-18-6-10-22-44(38)55/h1-31,51H,(H,56,57). The highest BCUT2D eigenvalue weighted by atomic mass is 16.3. The number of nitrogens with one attached hydrogen (secondary N) is 1. The van der Waals surface area contributed by atoms with Crippen molar-refractivity contribution in [1.82, 2.24) is 4.57 Å². The lowest BCUT2D eigenvalue weighted by Crippen LogP contribution is -2.28. The van der Waals surface area contributed by atoms with Gasteiger partial charge in [-0.15, -0.1) is 0 Å². The Morgan fingerprint density at radius 2 is 1.07 bits per heavy atom. The Hall–Kier alpha value is -7.69. The summed E-state index contributed by atoms with van der Waals surface area (Å²) in [7, 11) is 0. The SMILES string of the molecule is c1ccc2c(c1)-c1ccccc1C21c2ccccc2-c2ccc(C3N=C(n4c5cc6ccccc6cc5c5c6ccccc6ccc54)Nc4c3oc3ccccc43)cc21. The fourth-order valence-corrected chi connectivity index (χ4v) is 11.0. The van der Waals surface area contributed by atoms with Crippen molar-refractivity contribution in [3.8, 4) is 22.3 Å². The van der Waals surface area contributed by atoms with Crippen LogP contribution in [0.1, 0.15) is 39.6 Å². The van der Waals surface area contributed by atoms with E-state index >= 15 is 0 Å². The average Bonchev–Trinajstić information content (AvgIpc) is 4.01. The van der Waals surface area contributed by atoms with Crippen LogP contribution >= 0.6 is 0 Å². The van der Waals surface area contributed by atoms with Gasteiger partial charge in [0.1, 0.15) is 11.6 Å². The Bertz CT molecular complexity index is 3610. The zero-order chi connectivity index (χ0) is 38.4. The Morgan fingerprint density at radius 1 is 0.475 bits per heavy atom. The van der Waals surface area contributed by atoms with Crippen LogP contribution in [0.3, 0.4) is 0 Å². The number of para-hydroxylation sites is 1. The molecule has 14 rings (SSSR count). The minimum Gasteiger partial charge on any atom is -0.456 e. The molecule has 3 heterocycles. The summed E-state index contributed by atoms with van der Waals surface area (Å²) in [5, 5.41) is 12.2. The Balaban J connectivity index is 1.06. The molecule has 0 radical (unpaired) electrons. The fourth-order valence-electron chi connectivity index (χ4n) is 11.0. The Morgan fingerprint density at radius 3 is 1.80 bits per heavy atom. The number of benzene rings is 9. The molecule has 1 spiro atoms. The van der Waals surface area contributed by atoms with Gasteiger partial charge in [-0.25, -0.2) is 4.99 Å². The molecule has 2 aliphatic carbocycles. The van der Waals surface area contributed by atoms with Gasteiger partial charge in [-0.3, -0.25) is 4.57 Å². The molecule has 4 heteroatoms. The van der Waals surface area contributed by atoms with Crippen LogP contribution < -0.4 is 5.32 Å². The topological polar surface area (TPSA) is 42.5 Å². The van der Waals surface area contributed by atoms with Gasteiger partial charge in [0.15, 0.2) is 5.76 Å². The minimum absolute atomic E-state index is 0.417. The zero-order valence-electron chi connectivity index (χ0n) is 31.8. The van der Waals surface area contributed by atoms with Gasteiger partial charge in [-0.05, 0) is 102 Å². The van der Waals surface area contributed by atoms with Crippen molar-refractivity contribution >= 4 is 66.0 Å². The van der Waals surface area contributed by atoms with E-state index in [0.29, 0.717) is 0 Å². The molecule has 11 aromatic rings. The zero-order valence-corrected chi connectivity index (χ0v) is 31.8. The van der Waals surface area contributed by atoms with Crippen molar-refractivity contribution in [3.05, 3.63) is 222 Å². The van der Waals surface area contributed by atoms with Gasteiger partial charge in [-0.1, -0.05) is 158 Å². The number of nitrogens with zero attached hydrogens (tertiary/aromatic N) is 2. The van der Waals surface area contributed by atoms with Gasteiger partial charge in [-0.2, -0.15) is 0 Å². The lowest BCUT2D eigenvalue weighted by atomic mass is 9.70. The third-order valence-corrected chi connectivity index (χ3v) is 13.4. The molecule has 0 saturated carbocycles. The van der Waals surface area contributed by atoms with Crippen molar-refractivity contribution < 1.29 is 4.42 Å². The van der Waals surface area contributed by atoms with Crippen LogP contribution in [-0.2, 0) is 5.41 Å². The van der Waals surface area contributed by atoms with Crippen molar-refractivity contribution in [2.75, 3.05) is 5.32 Å². The van der Waals surface area contributed by atoms with Gasteiger partial charge in [0, 0.05) is 16.2 Å². The fraction of sp³-hybridized carbons (Fsp3) is 0.0364. The normalized spacial score (nSPS) is 15.7. The summed E-state index contributed by atoms with van der Waals surface area (Å²) in [6.45, 7) is 0. The molecule has 2 aromatic heterocycles. The highest BCUT2D eigenvalue weighted by Crippen LogP contribution is 2.63. The first-order valence-electron chi connectivity index (χ1n) is 20.4. The summed E-state index contributed by atoms with van der Waals surface area (Å²) < 4.78 is 9.19. The number of aromatic nitrogens is 1. The van der Waals surface area contributed by atoms with Crippen molar-refractivity contribution in [3.63, 3.8) is 0 Å². The summed E-state index contributed by atoms with van der Waals surface area (Å²) in [5.74, 6) is 1.60. The molecule has 9 aromatic carbocycles. The maximum Gasteiger partial charge on any atom is 0.208 e. The molecule has 1 atom stereocenters. The number of furan rings is 1. The number of hydrogen-bond donors (Lipinski definition) is 1. The predicted octanol–water partition coefficient (Wildman–Crippen LogP) is 13.6. The van der Waals surface area contributed by atoms with E-state index < -0.39 is 11.5 Å². The summed E-state index contributed by atoms with van der Waals surface area (Å²) >= 11 is 0. The maximum absolute atomic E-state index is 6.85. The number of aliphatic imine (C=N–C) groups is 1. The van der Waals surface area contributed by atoms with E-state index in [-0.39, 0.29) is 0 Å². The van der Waals surface area contributed by atoms with E-state index in [1.54, 1.807) is 0 Å². The van der Waals surface area contributed by atoms with Crippen LogP contribution in [0, 0.1) is 0 Å². The molecule has 1 N–H and O–H groups in total. The second kappa shape index (κ2) is 11.2. The molecule has 0 bridgehead atoms. The van der Waals surface area contributed by atoms with Gasteiger partial charge < -0.3 is 9.73 Å². The van der Waals surface area contributed by atoms with E-state index in [1.165, 1.54) is 76.8 Å². The molecule has 0 amide bonds. The smallest absolute Gasteiger partial charge is 0.208 e. The number of rotatable bonds is 1. The van der Waals surface area contributed by atoms with E-state index in [1.807, 2.05) is 6.07 Å². The second-order valence-corrected chi connectivity index (χ2v) is 16.2. The molecular formula is C55H33N3O. The lowest BCUT2D eigenvalue weighted by Gasteiger charge is -2.31. The molecule has 0 saturated heterocycles. The van der Waals surface area contributed by atoms with E-state index in [0.717, 1.165) is 45.0 Å².